The molecule has 0 unspecified atom stereocenters. The minimum absolute atomic E-state index is 0.663. The molecule has 0 aliphatic heterocycles. The molecule has 1 aromatic heterocycles. The second kappa shape index (κ2) is 5.32. The lowest BCUT2D eigenvalue weighted by atomic mass is 10.3. The Bertz CT molecular complexity index is 358. The highest BCUT2D eigenvalue weighted by atomic mass is 79.9. The van der Waals surface area contributed by atoms with Crippen molar-refractivity contribution in [3.8, 4) is 0 Å². The number of aryl methyl sites for hydroxylation is 2. The summed E-state index contributed by atoms with van der Waals surface area (Å²) in [4.78, 5) is 0. The van der Waals surface area contributed by atoms with E-state index in [1.807, 2.05) is 11.7 Å². The molecule has 0 spiro atoms. The number of nitrogens with zero attached hydrogens (tertiary/aromatic N) is 2. The summed E-state index contributed by atoms with van der Waals surface area (Å²) >= 11 is 3.59. The molecule has 0 amide bonds. The molecule has 0 saturated heterocycles. The molecule has 0 atom stereocenters. The molecule has 1 aliphatic rings. The molecule has 4 heteroatoms. The van der Waals surface area contributed by atoms with E-state index in [-0.39, 0.29) is 0 Å². The molecule has 90 valence electrons. The van der Waals surface area contributed by atoms with Gasteiger partial charge in [0.2, 0.25) is 0 Å². The lowest BCUT2D eigenvalue weighted by molar-refractivity contribution is 0.110. The lowest BCUT2D eigenvalue weighted by Crippen LogP contribution is -2.03. The Morgan fingerprint density at radius 2 is 2.25 bits per heavy atom. The predicted molar refractivity (Wildman–Crippen MR) is 67.3 cm³/mol. The largest absolute Gasteiger partial charge is 0.375 e. The van der Waals surface area contributed by atoms with Crippen LogP contribution >= 0.6 is 15.9 Å². The van der Waals surface area contributed by atoms with Crippen molar-refractivity contribution in [2.75, 3.05) is 6.61 Å². The summed E-state index contributed by atoms with van der Waals surface area (Å²) in [6.07, 6.45) is 4.98. The van der Waals surface area contributed by atoms with Crippen molar-refractivity contribution in [3.63, 3.8) is 0 Å². The molecule has 0 radical (unpaired) electrons. The Hall–Kier alpha value is -0.350. The Labute approximate surface area is 105 Å². The first-order chi connectivity index (χ1) is 7.72. The van der Waals surface area contributed by atoms with Crippen LogP contribution < -0.4 is 0 Å². The number of halogens is 1. The molecule has 0 aromatic carbocycles. The zero-order chi connectivity index (χ0) is 11.5. The Kier molecular flexibility index (Phi) is 4.03. The van der Waals surface area contributed by atoms with Crippen LogP contribution in [0.4, 0.5) is 0 Å². The number of hydrogen-bond acceptors (Lipinski definition) is 2. The third-order valence-corrected chi connectivity index (χ3v) is 4.02. The Balaban J connectivity index is 1.84. The summed E-state index contributed by atoms with van der Waals surface area (Å²) in [5, 5.41) is 4.44. The van der Waals surface area contributed by atoms with Crippen LogP contribution in [0.15, 0.2) is 4.47 Å². The minimum Gasteiger partial charge on any atom is -0.375 e. The highest BCUT2D eigenvalue weighted by Gasteiger charge is 2.20. The first kappa shape index (κ1) is 12.1. The van der Waals surface area contributed by atoms with Crippen molar-refractivity contribution < 1.29 is 4.74 Å². The van der Waals surface area contributed by atoms with Crippen LogP contribution in [0.25, 0.3) is 0 Å². The molecule has 2 rings (SSSR count). The molecule has 1 fully saturated rings. The molecular formula is C12H19BrN2O. The summed E-state index contributed by atoms with van der Waals surface area (Å²) in [7, 11) is 1.98. The van der Waals surface area contributed by atoms with Gasteiger partial charge in [-0.15, -0.1) is 0 Å². The fourth-order valence-electron chi connectivity index (χ4n) is 1.80. The normalized spacial score (nSPS) is 15.7. The van der Waals surface area contributed by atoms with E-state index < -0.39 is 0 Å². The second-order valence-electron chi connectivity index (χ2n) is 4.47. The van der Waals surface area contributed by atoms with Crippen LogP contribution in [-0.2, 0) is 24.8 Å². The van der Waals surface area contributed by atoms with E-state index in [4.69, 9.17) is 4.74 Å². The average molecular weight is 287 g/mol. The fourth-order valence-corrected chi connectivity index (χ4v) is 2.53. The van der Waals surface area contributed by atoms with Gasteiger partial charge in [-0.3, -0.25) is 4.68 Å². The van der Waals surface area contributed by atoms with Crippen molar-refractivity contribution >= 4 is 15.9 Å². The summed E-state index contributed by atoms with van der Waals surface area (Å²) in [6.45, 7) is 3.66. The minimum atomic E-state index is 0.663. The molecule has 16 heavy (non-hydrogen) atoms. The smallest absolute Gasteiger partial charge is 0.0896 e. The number of rotatable bonds is 6. The average Bonchev–Trinajstić information content (AvgIpc) is 3.04. The number of hydrogen-bond donors (Lipinski definition) is 0. The van der Waals surface area contributed by atoms with Gasteiger partial charge in [-0.25, -0.2) is 0 Å². The summed E-state index contributed by atoms with van der Waals surface area (Å²) < 4.78 is 8.73. The maximum atomic E-state index is 5.70. The predicted octanol–water partition coefficient (Wildman–Crippen LogP) is 3.06. The molecule has 0 bridgehead atoms. The van der Waals surface area contributed by atoms with Gasteiger partial charge in [-0.1, -0.05) is 19.8 Å². The van der Waals surface area contributed by atoms with Crippen molar-refractivity contribution in [2.24, 2.45) is 13.0 Å². The van der Waals surface area contributed by atoms with Gasteiger partial charge in [0.25, 0.3) is 0 Å². The van der Waals surface area contributed by atoms with Gasteiger partial charge in [0.05, 0.1) is 22.5 Å². The second-order valence-corrected chi connectivity index (χ2v) is 5.26. The van der Waals surface area contributed by atoms with Gasteiger partial charge in [0.15, 0.2) is 0 Å². The zero-order valence-electron chi connectivity index (χ0n) is 10.0. The summed E-state index contributed by atoms with van der Waals surface area (Å²) in [5.41, 5.74) is 2.26. The fraction of sp³-hybridized carbons (Fsp3) is 0.750. The van der Waals surface area contributed by atoms with Gasteiger partial charge < -0.3 is 4.74 Å². The summed E-state index contributed by atoms with van der Waals surface area (Å²) in [6, 6.07) is 0. The van der Waals surface area contributed by atoms with Crippen LogP contribution in [0.2, 0.25) is 0 Å². The zero-order valence-corrected chi connectivity index (χ0v) is 11.6. The molecule has 1 saturated carbocycles. The monoisotopic (exact) mass is 286 g/mol. The SMILES string of the molecule is CCc1nn(C)c(COCCC2CC2)c1Br. The maximum Gasteiger partial charge on any atom is 0.0896 e. The standard InChI is InChI=1S/C12H19BrN2O/c1-3-10-12(13)11(15(2)14-10)8-16-7-6-9-4-5-9/h9H,3-8H2,1-2H3. The van der Waals surface area contributed by atoms with Crippen molar-refractivity contribution in [1.29, 1.82) is 0 Å². The van der Waals surface area contributed by atoms with Crippen LogP contribution in [0.5, 0.6) is 0 Å². The van der Waals surface area contributed by atoms with Crippen molar-refractivity contribution in [1.82, 2.24) is 9.78 Å². The van der Waals surface area contributed by atoms with Gasteiger partial charge in [0, 0.05) is 13.7 Å². The van der Waals surface area contributed by atoms with Gasteiger partial charge in [-0.05, 0) is 34.7 Å². The topological polar surface area (TPSA) is 27.1 Å². The van der Waals surface area contributed by atoms with Gasteiger partial charge in [0.1, 0.15) is 0 Å². The molecule has 0 N–H and O–H groups in total. The van der Waals surface area contributed by atoms with E-state index in [1.165, 1.54) is 19.3 Å². The number of ether oxygens (including phenoxy) is 1. The molecule has 3 nitrogen and oxygen atoms in total. The third kappa shape index (κ3) is 2.86. The van der Waals surface area contributed by atoms with E-state index in [0.29, 0.717) is 6.61 Å². The maximum absolute atomic E-state index is 5.70. The summed E-state index contributed by atoms with van der Waals surface area (Å²) in [5.74, 6) is 0.946. The van der Waals surface area contributed by atoms with E-state index in [1.54, 1.807) is 0 Å². The van der Waals surface area contributed by atoms with Crippen molar-refractivity contribution in [2.45, 2.75) is 39.2 Å². The first-order valence-corrected chi connectivity index (χ1v) is 6.79. The highest BCUT2D eigenvalue weighted by Crippen LogP contribution is 2.32. The van der Waals surface area contributed by atoms with Crippen LogP contribution in [0.3, 0.4) is 0 Å². The lowest BCUT2D eigenvalue weighted by Gasteiger charge is -2.04. The Morgan fingerprint density at radius 1 is 1.50 bits per heavy atom. The van der Waals surface area contributed by atoms with E-state index in [2.05, 4.69) is 28.0 Å². The molecule has 1 aliphatic carbocycles. The highest BCUT2D eigenvalue weighted by molar-refractivity contribution is 9.10. The molecule has 1 heterocycles. The van der Waals surface area contributed by atoms with Gasteiger partial charge in [-0.2, -0.15) is 5.10 Å². The van der Waals surface area contributed by atoms with Crippen LogP contribution in [0.1, 0.15) is 37.6 Å². The van der Waals surface area contributed by atoms with Crippen LogP contribution in [0, 0.1) is 5.92 Å². The van der Waals surface area contributed by atoms with Crippen LogP contribution in [-0.4, -0.2) is 16.4 Å². The molecular weight excluding hydrogens is 268 g/mol. The van der Waals surface area contributed by atoms with E-state index >= 15 is 0 Å². The van der Waals surface area contributed by atoms with Crippen molar-refractivity contribution in [3.05, 3.63) is 15.9 Å². The quantitative estimate of drug-likeness (QED) is 0.752. The third-order valence-electron chi connectivity index (χ3n) is 3.11. The Morgan fingerprint density at radius 3 is 2.81 bits per heavy atom. The molecule has 1 aromatic rings. The van der Waals surface area contributed by atoms with E-state index in [9.17, 15) is 0 Å². The number of aromatic nitrogens is 2. The first-order valence-electron chi connectivity index (χ1n) is 6.00. The van der Waals surface area contributed by atoms with Gasteiger partial charge >= 0.3 is 0 Å². The van der Waals surface area contributed by atoms with E-state index in [0.717, 1.165) is 34.8 Å².